The van der Waals surface area contributed by atoms with Gasteiger partial charge in [0.25, 0.3) is 5.91 Å². The van der Waals surface area contributed by atoms with Crippen molar-refractivity contribution in [3.8, 4) is 5.75 Å². The second-order valence-electron chi connectivity index (χ2n) is 6.65. The number of rotatable bonds is 5. The molecule has 1 aliphatic rings. The fourth-order valence-electron chi connectivity index (χ4n) is 2.82. The normalized spacial score (nSPS) is 22.8. The highest BCUT2D eigenvalue weighted by molar-refractivity contribution is 5.75. The average Bonchev–Trinajstić information content (AvgIpc) is 2.55. The molecule has 3 N–H and O–H groups in total. The van der Waals surface area contributed by atoms with Crippen LogP contribution in [-0.4, -0.2) is 29.8 Å². The summed E-state index contributed by atoms with van der Waals surface area (Å²) in [5.74, 6) is 0.134. The van der Waals surface area contributed by atoms with Gasteiger partial charge in [-0.2, -0.15) is 0 Å². The summed E-state index contributed by atoms with van der Waals surface area (Å²) in [7, 11) is 0. The van der Waals surface area contributed by atoms with E-state index >= 15 is 0 Å². The van der Waals surface area contributed by atoms with Crippen LogP contribution in [0.4, 0.5) is 5.69 Å². The molecule has 1 unspecified atom stereocenters. The minimum Gasteiger partial charge on any atom is -0.484 e. The molecule has 1 atom stereocenters. The first kappa shape index (κ1) is 15.6. The lowest BCUT2D eigenvalue weighted by molar-refractivity contribution is -0.119. The van der Waals surface area contributed by atoms with Crippen LogP contribution >= 0.6 is 0 Å². The predicted molar refractivity (Wildman–Crippen MR) is 82.4 cm³/mol. The highest BCUT2D eigenvalue weighted by atomic mass is 16.5. The number of anilines is 1. The van der Waals surface area contributed by atoms with Crippen molar-refractivity contribution in [3.63, 3.8) is 0 Å². The van der Waals surface area contributed by atoms with E-state index in [0.717, 1.165) is 12.1 Å². The minimum atomic E-state index is -0.486. The summed E-state index contributed by atoms with van der Waals surface area (Å²) < 4.78 is 11.4. The smallest absolute Gasteiger partial charge is 0.255 e. The van der Waals surface area contributed by atoms with Gasteiger partial charge in [0, 0.05) is 11.8 Å². The fraction of sp³-hybridized carbons (Fsp3) is 0.562. The Morgan fingerprint density at radius 1 is 1.43 bits per heavy atom. The molecule has 5 heteroatoms. The number of nitrogens with two attached hydrogens (primary N) is 1. The zero-order chi connectivity index (χ0) is 15.7. The standard InChI is InChI=1S/C16H24N2O3/c1-15(2)9-13(16(3,4)21-15)18-11-6-5-7-12(8-11)20-10-14(17)19/h5-8,13,18H,9-10H2,1-4H3,(H2,17,19). The van der Waals surface area contributed by atoms with E-state index in [-0.39, 0.29) is 23.9 Å². The molecule has 0 bridgehead atoms. The maximum atomic E-state index is 10.8. The van der Waals surface area contributed by atoms with Crippen LogP contribution in [-0.2, 0) is 9.53 Å². The van der Waals surface area contributed by atoms with E-state index in [0.29, 0.717) is 5.75 Å². The van der Waals surface area contributed by atoms with E-state index in [1.165, 1.54) is 0 Å². The van der Waals surface area contributed by atoms with Crippen LogP contribution in [0.25, 0.3) is 0 Å². The molecule has 2 rings (SSSR count). The van der Waals surface area contributed by atoms with E-state index in [4.69, 9.17) is 15.2 Å². The molecule has 1 aromatic carbocycles. The van der Waals surface area contributed by atoms with Gasteiger partial charge in [0.1, 0.15) is 5.75 Å². The molecule has 1 heterocycles. The summed E-state index contributed by atoms with van der Waals surface area (Å²) in [5.41, 5.74) is 5.64. The van der Waals surface area contributed by atoms with Gasteiger partial charge in [-0.25, -0.2) is 0 Å². The molecule has 116 valence electrons. The number of benzene rings is 1. The molecule has 0 spiro atoms. The highest BCUT2D eigenvalue weighted by Crippen LogP contribution is 2.39. The average molecular weight is 292 g/mol. The number of carbonyl (C=O) groups is 1. The summed E-state index contributed by atoms with van der Waals surface area (Å²) in [6.45, 7) is 8.26. The van der Waals surface area contributed by atoms with Gasteiger partial charge in [0.2, 0.25) is 0 Å². The number of carbonyl (C=O) groups excluding carboxylic acids is 1. The van der Waals surface area contributed by atoms with Crippen molar-refractivity contribution in [2.75, 3.05) is 11.9 Å². The third kappa shape index (κ3) is 4.11. The van der Waals surface area contributed by atoms with Crippen molar-refractivity contribution < 1.29 is 14.3 Å². The zero-order valence-corrected chi connectivity index (χ0v) is 13.1. The molecule has 1 fully saturated rings. The molecule has 1 saturated heterocycles. The van der Waals surface area contributed by atoms with Crippen LogP contribution in [0, 0.1) is 0 Å². The highest BCUT2D eigenvalue weighted by Gasteiger charge is 2.45. The molecule has 0 saturated carbocycles. The number of primary amides is 1. The van der Waals surface area contributed by atoms with Gasteiger partial charge < -0.3 is 20.5 Å². The second kappa shape index (κ2) is 5.56. The molecule has 1 amide bonds. The van der Waals surface area contributed by atoms with Crippen LogP contribution in [0.1, 0.15) is 34.1 Å². The van der Waals surface area contributed by atoms with Crippen LogP contribution < -0.4 is 15.8 Å². The van der Waals surface area contributed by atoms with Gasteiger partial charge in [0.15, 0.2) is 6.61 Å². The van der Waals surface area contributed by atoms with E-state index < -0.39 is 5.91 Å². The fourth-order valence-corrected chi connectivity index (χ4v) is 2.82. The monoisotopic (exact) mass is 292 g/mol. The number of nitrogens with one attached hydrogen (secondary N) is 1. The molecule has 1 aromatic rings. The Morgan fingerprint density at radius 3 is 2.71 bits per heavy atom. The second-order valence-corrected chi connectivity index (χ2v) is 6.65. The molecule has 21 heavy (non-hydrogen) atoms. The van der Waals surface area contributed by atoms with Gasteiger partial charge in [-0.1, -0.05) is 6.07 Å². The number of ether oxygens (including phenoxy) is 2. The van der Waals surface area contributed by atoms with Crippen molar-refractivity contribution in [1.29, 1.82) is 0 Å². The molecule has 0 aromatic heterocycles. The van der Waals surface area contributed by atoms with Crippen molar-refractivity contribution in [2.45, 2.75) is 51.4 Å². The van der Waals surface area contributed by atoms with Gasteiger partial charge in [-0.15, -0.1) is 0 Å². The van der Waals surface area contributed by atoms with E-state index in [2.05, 4.69) is 33.0 Å². The van der Waals surface area contributed by atoms with Crippen LogP contribution in [0.3, 0.4) is 0 Å². The summed E-state index contributed by atoms with van der Waals surface area (Å²) >= 11 is 0. The lowest BCUT2D eigenvalue weighted by atomic mass is 9.94. The lowest BCUT2D eigenvalue weighted by Crippen LogP contribution is -2.38. The molecular formula is C16H24N2O3. The first-order valence-corrected chi connectivity index (χ1v) is 7.16. The Hall–Kier alpha value is -1.75. The minimum absolute atomic E-state index is 0.117. The Bertz CT molecular complexity index is 526. The van der Waals surface area contributed by atoms with Crippen LogP contribution in [0.15, 0.2) is 24.3 Å². The molecule has 0 radical (unpaired) electrons. The summed E-state index contributed by atoms with van der Waals surface area (Å²) in [4.78, 5) is 10.8. The maximum absolute atomic E-state index is 10.8. The largest absolute Gasteiger partial charge is 0.484 e. The molecule has 1 aliphatic heterocycles. The SMILES string of the molecule is CC1(C)CC(Nc2cccc(OCC(N)=O)c2)C(C)(C)O1. The Kier molecular flexibility index (Phi) is 4.14. The van der Waals surface area contributed by atoms with Crippen molar-refractivity contribution in [2.24, 2.45) is 5.73 Å². The van der Waals surface area contributed by atoms with Crippen LogP contribution in [0.5, 0.6) is 5.75 Å². The van der Waals surface area contributed by atoms with Crippen molar-refractivity contribution in [3.05, 3.63) is 24.3 Å². The quantitative estimate of drug-likeness (QED) is 0.873. The summed E-state index contributed by atoms with van der Waals surface area (Å²) in [5, 5.41) is 3.49. The number of hydrogen-bond acceptors (Lipinski definition) is 4. The summed E-state index contributed by atoms with van der Waals surface area (Å²) in [6, 6.07) is 7.72. The number of amides is 1. The van der Waals surface area contributed by atoms with Gasteiger partial charge in [-0.05, 0) is 46.2 Å². The first-order valence-electron chi connectivity index (χ1n) is 7.16. The van der Waals surface area contributed by atoms with Gasteiger partial charge in [0.05, 0.1) is 17.2 Å². The van der Waals surface area contributed by atoms with E-state index in [1.807, 2.05) is 18.2 Å². The molecule has 5 nitrogen and oxygen atoms in total. The van der Waals surface area contributed by atoms with Gasteiger partial charge >= 0.3 is 0 Å². The number of hydrogen-bond donors (Lipinski definition) is 2. The predicted octanol–water partition coefficient (Wildman–Crippen LogP) is 2.31. The zero-order valence-electron chi connectivity index (χ0n) is 13.1. The maximum Gasteiger partial charge on any atom is 0.255 e. The topological polar surface area (TPSA) is 73.6 Å². The first-order chi connectivity index (χ1) is 9.68. The van der Waals surface area contributed by atoms with Crippen molar-refractivity contribution >= 4 is 11.6 Å². The van der Waals surface area contributed by atoms with Gasteiger partial charge in [-0.3, -0.25) is 4.79 Å². The third-order valence-corrected chi connectivity index (χ3v) is 3.63. The third-order valence-electron chi connectivity index (χ3n) is 3.63. The van der Waals surface area contributed by atoms with E-state index in [9.17, 15) is 4.79 Å². The van der Waals surface area contributed by atoms with Crippen molar-refractivity contribution in [1.82, 2.24) is 0 Å². The van der Waals surface area contributed by atoms with Crippen LogP contribution in [0.2, 0.25) is 0 Å². The lowest BCUT2D eigenvalue weighted by Gasteiger charge is -2.28. The molecular weight excluding hydrogens is 268 g/mol. The Morgan fingerprint density at radius 2 is 2.14 bits per heavy atom. The Balaban J connectivity index is 2.06. The molecule has 0 aliphatic carbocycles. The Labute approximate surface area is 125 Å². The van der Waals surface area contributed by atoms with E-state index in [1.54, 1.807) is 6.07 Å². The summed E-state index contributed by atoms with van der Waals surface area (Å²) in [6.07, 6.45) is 0.923.